The van der Waals surface area contributed by atoms with Crippen LogP contribution in [0.2, 0.25) is 0 Å². The molecule has 0 saturated heterocycles. The monoisotopic (exact) mass is 443 g/mol. The Bertz CT molecular complexity index is 1280. The number of anilines is 1. The van der Waals surface area contributed by atoms with Crippen LogP contribution in [0.5, 0.6) is 5.75 Å². The van der Waals surface area contributed by atoms with Crippen molar-refractivity contribution in [1.29, 1.82) is 0 Å². The van der Waals surface area contributed by atoms with Gasteiger partial charge in [0.15, 0.2) is 5.76 Å². The number of amides is 2. The molecular weight excluding hydrogens is 426 g/mol. The Morgan fingerprint density at radius 2 is 1.55 bits per heavy atom. The van der Waals surface area contributed by atoms with Crippen molar-refractivity contribution >= 4 is 29.7 Å². The highest BCUT2D eigenvalue weighted by molar-refractivity contribution is 6.02. The lowest BCUT2D eigenvalue weighted by molar-refractivity contribution is 0.0701. The second-order valence-corrected chi connectivity index (χ2v) is 6.65. The average Bonchev–Trinajstić information content (AvgIpc) is 3.54. The summed E-state index contributed by atoms with van der Waals surface area (Å²) in [4.78, 5) is 36.2. The van der Waals surface area contributed by atoms with Crippen LogP contribution in [0.15, 0.2) is 99.3 Å². The molecule has 2 amide bonds. The summed E-state index contributed by atoms with van der Waals surface area (Å²) in [7, 11) is 0. The number of nitrogens with one attached hydrogen (secondary N) is 2. The van der Waals surface area contributed by atoms with Gasteiger partial charge >= 0.3 is 5.97 Å². The smallest absolute Gasteiger partial charge is 0.379 e. The van der Waals surface area contributed by atoms with Crippen LogP contribution in [0.3, 0.4) is 0 Å². The van der Waals surface area contributed by atoms with Crippen LogP contribution >= 0.6 is 0 Å². The highest BCUT2D eigenvalue weighted by atomic mass is 16.5. The molecule has 0 aliphatic rings. The van der Waals surface area contributed by atoms with Gasteiger partial charge in [0.05, 0.1) is 18.7 Å². The van der Waals surface area contributed by atoms with E-state index >= 15 is 0 Å². The first-order valence-electron chi connectivity index (χ1n) is 9.72. The molecule has 0 aliphatic carbocycles. The SMILES string of the molecule is O=C(N/N=C\c1cccc(OC(=O)c2ccco2)c1)c1ccc(NC(=O)c2ccco2)cc1. The van der Waals surface area contributed by atoms with Crippen molar-refractivity contribution in [2.45, 2.75) is 0 Å². The Kier molecular flexibility index (Phi) is 6.41. The molecule has 9 nitrogen and oxygen atoms in total. The molecule has 33 heavy (non-hydrogen) atoms. The third-order valence-corrected chi connectivity index (χ3v) is 4.32. The quantitative estimate of drug-likeness (QED) is 0.192. The maximum absolute atomic E-state index is 12.3. The maximum atomic E-state index is 12.3. The minimum absolute atomic E-state index is 0.0906. The first-order chi connectivity index (χ1) is 16.1. The Hall–Kier alpha value is -4.92. The normalized spacial score (nSPS) is 10.7. The predicted octanol–water partition coefficient (Wildman–Crippen LogP) is 4.11. The molecule has 2 N–H and O–H groups in total. The van der Waals surface area contributed by atoms with Gasteiger partial charge in [0.1, 0.15) is 5.75 Å². The van der Waals surface area contributed by atoms with Crippen molar-refractivity contribution in [2.24, 2.45) is 5.10 Å². The number of esters is 1. The molecule has 2 aromatic heterocycles. The minimum Gasteiger partial charge on any atom is -0.459 e. The molecule has 0 radical (unpaired) electrons. The molecule has 0 aliphatic heterocycles. The van der Waals surface area contributed by atoms with Gasteiger partial charge in [-0.2, -0.15) is 5.10 Å². The van der Waals surface area contributed by atoms with Gasteiger partial charge < -0.3 is 18.9 Å². The van der Waals surface area contributed by atoms with Gasteiger partial charge in [0.2, 0.25) is 5.76 Å². The molecule has 0 unspecified atom stereocenters. The van der Waals surface area contributed by atoms with E-state index in [9.17, 15) is 14.4 Å². The summed E-state index contributed by atoms with van der Waals surface area (Å²) in [6.07, 6.45) is 4.21. The van der Waals surface area contributed by atoms with Crippen LogP contribution in [-0.2, 0) is 0 Å². The zero-order valence-electron chi connectivity index (χ0n) is 17.1. The number of hydrogen-bond acceptors (Lipinski definition) is 7. The molecule has 2 aromatic carbocycles. The topological polar surface area (TPSA) is 123 Å². The molecule has 0 bridgehead atoms. The number of furan rings is 2. The number of rotatable bonds is 7. The second kappa shape index (κ2) is 9.92. The van der Waals surface area contributed by atoms with Gasteiger partial charge in [-0.05, 0) is 66.2 Å². The fourth-order valence-electron chi connectivity index (χ4n) is 2.75. The van der Waals surface area contributed by atoms with Crippen LogP contribution in [-0.4, -0.2) is 24.0 Å². The first-order valence-corrected chi connectivity index (χ1v) is 9.72. The van der Waals surface area contributed by atoms with Crippen molar-refractivity contribution < 1.29 is 28.0 Å². The van der Waals surface area contributed by atoms with Gasteiger partial charge in [0, 0.05) is 11.3 Å². The van der Waals surface area contributed by atoms with Gasteiger partial charge in [0.25, 0.3) is 11.8 Å². The van der Waals surface area contributed by atoms with E-state index in [1.807, 2.05) is 0 Å². The van der Waals surface area contributed by atoms with Gasteiger partial charge in [-0.3, -0.25) is 9.59 Å². The van der Waals surface area contributed by atoms with Crippen molar-refractivity contribution in [3.8, 4) is 5.75 Å². The van der Waals surface area contributed by atoms with E-state index in [-0.39, 0.29) is 17.4 Å². The highest BCUT2D eigenvalue weighted by Crippen LogP contribution is 2.15. The Morgan fingerprint density at radius 3 is 2.24 bits per heavy atom. The maximum Gasteiger partial charge on any atom is 0.379 e. The number of carbonyl (C=O) groups is 3. The molecule has 9 heteroatoms. The second-order valence-electron chi connectivity index (χ2n) is 6.65. The lowest BCUT2D eigenvalue weighted by Gasteiger charge is -2.05. The van der Waals surface area contributed by atoms with Crippen LogP contribution in [0, 0.1) is 0 Å². The first kappa shape index (κ1) is 21.3. The van der Waals surface area contributed by atoms with Gasteiger partial charge in [-0.25, -0.2) is 10.2 Å². The fraction of sp³-hybridized carbons (Fsp3) is 0. The highest BCUT2D eigenvalue weighted by Gasteiger charge is 2.12. The number of nitrogens with zero attached hydrogens (tertiary/aromatic N) is 1. The average molecular weight is 443 g/mol. The molecule has 164 valence electrons. The van der Waals surface area contributed by atoms with Gasteiger partial charge in [-0.1, -0.05) is 12.1 Å². The lowest BCUT2D eigenvalue weighted by Crippen LogP contribution is -2.17. The third-order valence-electron chi connectivity index (χ3n) is 4.32. The number of hydrogen-bond donors (Lipinski definition) is 2. The lowest BCUT2D eigenvalue weighted by atomic mass is 10.2. The summed E-state index contributed by atoms with van der Waals surface area (Å²) in [5.41, 5.74) is 3.89. The number of hydrazone groups is 1. The predicted molar refractivity (Wildman–Crippen MR) is 118 cm³/mol. The summed E-state index contributed by atoms with van der Waals surface area (Å²) >= 11 is 0. The van der Waals surface area contributed by atoms with E-state index in [1.54, 1.807) is 66.7 Å². The molecule has 0 spiro atoms. The summed E-state index contributed by atoms with van der Waals surface area (Å²) < 4.78 is 15.3. The van der Waals surface area contributed by atoms with Crippen LogP contribution < -0.4 is 15.5 Å². The standard InChI is InChI=1S/C24H17N3O6/c28-22(17-8-10-18(11-9-17)26-23(29)20-6-2-12-31-20)27-25-15-16-4-1-5-19(14-16)33-24(30)21-7-3-13-32-21/h1-15H,(H,26,29)(H,27,28)/b25-15-. The largest absolute Gasteiger partial charge is 0.459 e. The van der Waals surface area contributed by atoms with E-state index in [0.29, 0.717) is 22.6 Å². The van der Waals surface area contributed by atoms with Crippen molar-refractivity contribution in [3.63, 3.8) is 0 Å². The Labute approximate surface area is 187 Å². The molecule has 4 aromatic rings. The number of benzene rings is 2. The van der Waals surface area contributed by atoms with Crippen molar-refractivity contribution in [1.82, 2.24) is 5.43 Å². The molecule has 0 atom stereocenters. The minimum atomic E-state index is -0.619. The molecule has 2 heterocycles. The van der Waals surface area contributed by atoms with Crippen LogP contribution in [0.25, 0.3) is 0 Å². The fourth-order valence-corrected chi connectivity index (χ4v) is 2.75. The summed E-state index contributed by atoms with van der Waals surface area (Å²) in [6, 6.07) is 19.2. The molecular formula is C24H17N3O6. The molecule has 4 rings (SSSR count). The molecule has 0 fully saturated rings. The van der Waals surface area contributed by atoms with E-state index in [4.69, 9.17) is 13.6 Å². The van der Waals surface area contributed by atoms with Crippen LogP contribution in [0.1, 0.15) is 37.0 Å². The summed E-state index contributed by atoms with van der Waals surface area (Å²) in [6.45, 7) is 0. The zero-order valence-corrected chi connectivity index (χ0v) is 17.1. The van der Waals surface area contributed by atoms with Gasteiger partial charge in [-0.15, -0.1) is 0 Å². The Balaban J connectivity index is 1.31. The van der Waals surface area contributed by atoms with Crippen LogP contribution in [0.4, 0.5) is 5.69 Å². The number of carbonyl (C=O) groups excluding carboxylic acids is 3. The molecule has 0 saturated carbocycles. The summed E-state index contributed by atoms with van der Waals surface area (Å²) in [5, 5.41) is 6.59. The van der Waals surface area contributed by atoms with E-state index in [1.165, 1.54) is 24.8 Å². The van der Waals surface area contributed by atoms with E-state index < -0.39 is 11.9 Å². The van der Waals surface area contributed by atoms with E-state index in [2.05, 4.69) is 15.8 Å². The third kappa shape index (κ3) is 5.61. The zero-order chi connectivity index (χ0) is 23.0. The van der Waals surface area contributed by atoms with E-state index in [0.717, 1.165) is 0 Å². The van der Waals surface area contributed by atoms with Crippen molar-refractivity contribution in [2.75, 3.05) is 5.32 Å². The Morgan fingerprint density at radius 1 is 0.818 bits per heavy atom. The summed E-state index contributed by atoms with van der Waals surface area (Å²) in [5.74, 6) is -0.863. The number of ether oxygens (including phenoxy) is 1. The van der Waals surface area contributed by atoms with Crippen molar-refractivity contribution in [3.05, 3.63) is 108 Å².